The number of aromatic nitrogens is 1. The highest BCUT2D eigenvalue weighted by Crippen LogP contribution is 2.21. The lowest BCUT2D eigenvalue weighted by Crippen LogP contribution is -2.04. The number of pyridine rings is 1. The van der Waals surface area contributed by atoms with E-state index in [9.17, 15) is 5.11 Å². The molecule has 0 spiro atoms. The van der Waals surface area contributed by atoms with Gasteiger partial charge in [0.15, 0.2) is 0 Å². The fourth-order valence-corrected chi connectivity index (χ4v) is 2.15. The molecule has 0 saturated heterocycles. The summed E-state index contributed by atoms with van der Waals surface area (Å²) in [5.41, 5.74) is 4.12. The number of rotatable bonds is 4. The predicted molar refractivity (Wildman–Crippen MR) is 73.4 cm³/mol. The van der Waals surface area contributed by atoms with E-state index in [1.54, 1.807) is 0 Å². The molecular weight excluding hydrogens is 222 g/mol. The molecular formula is C16H19NO. The van der Waals surface area contributed by atoms with Gasteiger partial charge in [-0.1, -0.05) is 36.4 Å². The number of nitrogens with zero attached hydrogens (tertiary/aromatic N) is 1. The van der Waals surface area contributed by atoms with Crippen LogP contribution in [-0.2, 0) is 6.42 Å². The van der Waals surface area contributed by atoms with Gasteiger partial charge < -0.3 is 5.11 Å². The average molecular weight is 241 g/mol. The molecule has 0 aliphatic rings. The largest absolute Gasteiger partial charge is 0.388 e. The summed E-state index contributed by atoms with van der Waals surface area (Å²) in [5.74, 6) is 0. The molecule has 1 atom stereocenters. The lowest BCUT2D eigenvalue weighted by atomic mass is 10.0. The molecule has 0 aliphatic carbocycles. The molecule has 0 aliphatic heterocycles. The van der Waals surface area contributed by atoms with Gasteiger partial charge in [0.2, 0.25) is 0 Å². The van der Waals surface area contributed by atoms with Crippen LogP contribution >= 0.6 is 0 Å². The van der Waals surface area contributed by atoms with Crippen LogP contribution in [-0.4, -0.2) is 10.1 Å². The van der Waals surface area contributed by atoms with E-state index < -0.39 is 6.10 Å². The van der Waals surface area contributed by atoms with E-state index in [4.69, 9.17) is 0 Å². The standard InChI is InChI=1S/C16H19NO/c1-12-8-10-15(13(2)17-12)16(18)11-9-14-6-4-3-5-7-14/h3-8,10,16,18H,9,11H2,1-2H3. The molecule has 0 saturated carbocycles. The van der Waals surface area contributed by atoms with Gasteiger partial charge in [-0.2, -0.15) is 0 Å². The monoisotopic (exact) mass is 241 g/mol. The normalized spacial score (nSPS) is 12.4. The molecule has 2 aromatic rings. The highest BCUT2D eigenvalue weighted by Gasteiger charge is 2.11. The molecule has 0 amide bonds. The molecule has 94 valence electrons. The molecule has 1 aromatic carbocycles. The van der Waals surface area contributed by atoms with E-state index in [-0.39, 0.29) is 0 Å². The van der Waals surface area contributed by atoms with Crippen molar-refractivity contribution in [1.82, 2.24) is 4.98 Å². The van der Waals surface area contributed by atoms with Crippen LogP contribution in [0.4, 0.5) is 0 Å². The maximum Gasteiger partial charge on any atom is 0.0810 e. The number of benzene rings is 1. The van der Waals surface area contributed by atoms with Crippen molar-refractivity contribution >= 4 is 0 Å². The Morgan fingerprint density at radius 3 is 2.44 bits per heavy atom. The minimum atomic E-state index is -0.432. The first-order chi connectivity index (χ1) is 8.66. The smallest absolute Gasteiger partial charge is 0.0810 e. The van der Waals surface area contributed by atoms with Gasteiger partial charge in [0.05, 0.1) is 6.10 Å². The number of aryl methyl sites for hydroxylation is 3. The van der Waals surface area contributed by atoms with Crippen LogP contribution in [0, 0.1) is 13.8 Å². The molecule has 1 aromatic heterocycles. The Kier molecular flexibility index (Phi) is 4.11. The molecule has 1 unspecified atom stereocenters. The molecule has 1 heterocycles. The van der Waals surface area contributed by atoms with Gasteiger partial charge in [-0.05, 0) is 38.3 Å². The summed E-state index contributed by atoms with van der Waals surface area (Å²) >= 11 is 0. The van der Waals surface area contributed by atoms with E-state index in [0.29, 0.717) is 0 Å². The van der Waals surface area contributed by atoms with Crippen molar-refractivity contribution in [2.24, 2.45) is 0 Å². The van der Waals surface area contributed by atoms with Gasteiger partial charge in [-0.25, -0.2) is 0 Å². The predicted octanol–water partition coefficient (Wildman–Crippen LogP) is 3.36. The van der Waals surface area contributed by atoms with Crippen molar-refractivity contribution in [3.8, 4) is 0 Å². The van der Waals surface area contributed by atoms with Gasteiger partial charge in [0.25, 0.3) is 0 Å². The molecule has 1 N–H and O–H groups in total. The molecule has 0 bridgehead atoms. The lowest BCUT2D eigenvalue weighted by Gasteiger charge is -2.13. The van der Waals surface area contributed by atoms with Gasteiger partial charge in [0, 0.05) is 17.0 Å². The van der Waals surface area contributed by atoms with Gasteiger partial charge in [0.1, 0.15) is 0 Å². The molecule has 2 heteroatoms. The van der Waals surface area contributed by atoms with E-state index in [1.165, 1.54) is 5.56 Å². The van der Waals surface area contributed by atoms with Crippen LogP contribution in [0.25, 0.3) is 0 Å². The van der Waals surface area contributed by atoms with Crippen LogP contribution in [0.5, 0.6) is 0 Å². The first-order valence-corrected chi connectivity index (χ1v) is 6.33. The molecule has 2 nitrogen and oxygen atoms in total. The second-order valence-electron chi connectivity index (χ2n) is 4.67. The maximum atomic E-state index is 10.2. The van der Waals surface area contributed by atoms with E-state index in [1.807, 2.05) is 44.2 Å². The SMILES string of the molecule is Cc1ccc(C(O)CCc2ccccc2)c(C)n1. The van der Waals surface area contributed by atoms with Crippen molar-refractivity contribution in [3.63, 3.8) is 0 Å². The Morgan fingerprint density at radius 2 is 1.78 bits per heavy atom. The third-order valence-corrected chi connectivity index (χ3v) is 3.17. The first kappa shape index (κ1) is 12.8. The highest BCUT2D eigenvalue weighted by molar-refractivity contribution is 5.24. The van der Waals surface area contributed by atoms with Gasteiger partial charge in [-0.15, -0.1) is 0 Å². The Bertz CT molecular complexity index is 508. The average Bonchev–Trinajstić information content (AvgIpc) is 2.37. The van der Waals surface area contributed by atoms with Crippen molar-refractivity contribution in [2.45, 2.75) is 32.8 Å². The van der Waals surface area contributed by atoms with Crippen LogP contribution in [0.2, 0.25) is 0 Å². The number of aliphatic hydroxyl groups excluding tert-OH is 1. The van der Waals surface area contributed by atoms with Gasteiger partial charge >= 0.3 is 0 Å². The Morgan fingerprint density at radius 1 is 1.06 bits per heavy atom. The first-order valence-electron chi connectivity index (χ1n) is 6.33. The summed E-state index contributed by atoms with van der Waals surface area (Å²) in [6.07, 6.45) is 1.18. The Labute approximate surface area is 108 Å². The van der Waals surface area contributed by atoms with Crippen LogP contribution in [0.1, 0.15) is 35.0 Å². The molecule has 0 radical (unpaired) electrons. The highest BCUT2D eigenvalue weighted by atomic mass is 16.3. The van der Waals surface area contributed by atoms with Crippen molar-refractivity contribution in [2.75, 3.05) is 0 Å². The zero-order valence-electron chi connectivity index (χ0n) is 10.9. The quantitative estimate of drug-likeness (QED) is 0.890. The van der Waals surface area contributed by atoms with Crippen molar-refractivity contribution in [3.05, 3.63) is 65.0 Å². The summed E-state index contributed by atoms with van der Waals surface area (Å²) in [6, 6.07) is 14.2. The summed E-state index contributed by atoms with van der Waals surface area (Å²) in [6.45, 7) is 3.92. The third kappa shape index (κ3) is 3.17. The van der Waals surface area contributed by atoms with E-state index in [0.717, 1.165) is 29.8 Å². The van der Waals surface area contributed by atoms with Crippen LogP contribution < -0.4 is 0 Å². The van der Waals surface area contributed by atoms with Crippen LogP contribution in [0.3, 0.4) is 0 Å². The minimum Gasteiger partial charge on any atom is -0.388 e. The zero-order valence-corrected chi connectivity index (χ0v) is 10.9. The molecule has 18 heavy (non-hydrogen) atoms. The second-order valence-corrected chi connectivity index (χ2v) is 4.67. The summed E-state index contributed by atoms with van der Waals surface area (Å²) in [5, 5.41) is 10.2. The van der Waals surface area contributed by atoms with Gasteiger partial charge in [-0.3, -0.25) is 4.98 Å². The number of hydrogen-bond acceptors (Lipinski definition) is 2. The van der Waals surface area contributed by atoms with Crippen LogP contribution in [0.15, 0.2) is 42.5 Å². The zero-order chi connectivity index (χ0) is 13.0. The summed E-state index contributed by atoms with van der Waals surface area (Å²) < 4.78 is 0. The fraction of sp³-hybridized carbons (Fsp3) is 0.312. The molecule has 0 fully saturated rings. The van der Waals surface area contributed by atoms with E-state index >= 15 is 0 Å². The van der Waals surface area contributed by atoms with E-state index in [2.05, 4.69) is 17.1 Å². The van der Waals surface area contributed by atoms with Crippen molar-refractivity contribution in [1.29, 1.82) is 0 Å². The Balaban J connectivity index is 2.01. The summed E-state index contributed by atoms with van der Waals surface area (Å²) in [7, 11) is 0. The molecule has 2 rings (SSSR count). The maximum absolute atomic E-state index is 10.2. The number of aliphatic hydroxyl groups is 1. The third-order valence-electron chi connectivity index (χ3n) is 3.17. The fourth-order valence-electron chi connectivity index (χ4n) is 2.15. The minimum absolute atomic E-state index is 0.432. The Hall–Kier alpha value is -1.67. The lowest BCUT2D eigenvalue weighted by molar-refractivity contribution is 0.166. The number of hydrogen-bond donors (Lipinski definition) is 1. The topological polar surface area (TPSA) is 33.1 Å². The van der Waals surface area contributed by atoms with Crippen molar-refractivity contribution < 1.29 is 5.11 Å². The summed E-state index contributed by atoms with van der Waals surface area (Å²) in [4.78, 5) is 4.39. The second kappa shape index (κ2) is 5.78.